The van der Waals surface area contributed by atoms with Gasteiger partial charge >= 0.3 is 5.97 Å². The summed E-state index contributed by atoms with van der Waals surface area (Å²) in [5, 5.41) is 13.4. The molecule has 4 heteroatoms. The molecule has 4 aromatic rings. The lowest BCUT2D eigenvalue weighted by Crippen LogP contribution is -2.12. The molecule has 1 heterocycles. The van der Waals surface area contributed by atoms with Crippen molar-refractivity contribution in [2.45, 2.75) is 44.4 Å². The Hall–Kier alpha value is -3.92. The van der Waals surface area contributed by atoms with Gasteiger partial charge in [-0.25, -0.2) is 0 Å². The number of benzene rings is 3. The summed E-state index contributed by atoms with van der Waals surface area (Å²) < 4.78 is 5.68. The van der Waals surface area contributed by atoms with Gasteiger partial charge < -0.3 is 9.63 Å². The van der Waals surface area contributed by atoms with Gasteiger partial charge in [-0.2, -0.15) is 0 Å². The van der Waals surface area contributed by atoms with Crippen molar-refractivity contribution in [3.05, 3.63) is 107 Å². The van der Waals surface area contributed by atoms with Crippen molar-refractivity contribution in [2.24, 2.45) is 0 Å². The fourth-order valence-corrected chi connectivity index (χ4v) is 4.72. The van der Waals surface area contributed by atoms with Gasteiger partial charge in [-0.3, -0.25) is 4.79 Å². The Morgan fingerprint density at radius 2 is 1.57 bits per heavy atom. The van der Waals surface area contributed by atoms with E-state index in [-0.39, 0.29) is 11.8 Å². The minimum atomic E-state index is -0.727. The molecule has 1 aliphatic rings. The van der Waals surface area contributed by atoms with Crippen LogP contribution in [0.25, 0.3) is 28.5 Å². The lowest BCUT2D eigenvalue weighted by atomic mass is 9.91. The van der Waals surface area contributed by atoms with Gasteiger partial charge in [0.15, 0.2) is 5.76 Å². The molecule has 0 unspecified atom stereocenters. The molecule has 35 heavy (non-hydrogen) atoms. The molecule has 3 aromatic carbocycles. The second kappa shape index (κ2) is 9.75. The molecule has 1 fully saturated rings. The number of nitrogens with zero attached hydrogens (tertiary/aromatic N) is 1. The van der Waals surface area contributed by atoms with Crippen LogP contribution in [0.5, 0.6) is 0 Å². The molecule has 1 N–H and O–H groups in total. The lowest BCUT2D eigenvalue weighted by molar-refractivity contribution is -0.137. The summed E-state index contributed by atoms with van der Waals surface area (Å²) in [4.78, 5) is 11.2. The van der Waals surface area contributed by atoms with Crippen LogP contribution in [-0.4, -0.2) is 16.2 Å². The van der Waals surface area contributed by atoms with E-state index in [1.807, 2.05) is 13.0 Å². The number of hydrogen-bond acceptors (Lipinski definition) is 3. The Morgan fingerprint density at radius 3 is 2.20 bits per heavy atom. The third-order valence-corrected chi connectivity index (χ3v) is 6.96. The zero-order valence-corrected chi connectivity index (χ0v) is 19.9. The van der Waals surface area contributed by atoms with Gasteiger partial charge in [-0.1, -0.05) is 96.2 Å². The van der Waals surface area contributed by atoms with Crippen molar-refractivity contribution in [2.75, 3.05) is 0 Å². The van der Waals surface area contributed by atoms with Crippen LogP contribution in [-0.2, 0) is 16.6 Å². The monoisotopic (exact) mass is 463 g/mol. The van der Waals surface area contributed by atoms with E-state index in [2.05, 4.69) is 90.1 Å². The fraction of sp³-hybridized carbons (Fsp3) is 0.226. The minimum absolute atomic E-state index is 0.163. The van der Waals surface area contributed by atoms with Crippen molar-refractivity contribution < 1.29 is 14.4 Å². The van der Waals surface area contributed by atoms with Gasteiger partial charge in [0.1, 0.15) is 0 Å². The number of aromatic nitrogens is 1. The molecule has 0 aliphatic heterocycles. The molecule has 4 nitrogen and oxygen atoms in total. The summed E-state index contributed by atoms with van der Waals surface area (Å²) in [5.41, 5.74) is 7.41. The van der Waals surface area contributed by atoms with Crippen molar-refractivity contribution in [3.8, 4) is 22.5 Å². The van der Waals surface area contributed by atoms with E-state index in [4.69, 9.17) is 4.52 Å². The number of carbonyl (C=O) groups is 1. The summed E-state index contributed by atoms with van der Waals surface area (Å²) >= 11 is 0. The van der Waals surface area contributed by atoms with Gasteiger partial charge in [-0.05, 0) is 54.9 Å². The molecule has 1 aliphatic carbocycles. The fourth-order valence-electron chi connectivity index (χ4n) is 4.72. The molecule has 0 amide bonds. The summed E-state index contributed by atoms with van der Waals surface area (Å²) in [6.07, 6.45) is 8.36. The van der Waals surface area contributed by atoms with Gasteiger partial charge in [-0.15, -0.1) is 0 Å². The number of rotatable bonds is 9. The largest absolute Gasteiger partial charge is 0.481 e. The highest BCUT2D eigenvalue weighted by Crippen LogP contribution is 2.51. The first-order chi connectivity index (χ1) is 17.0. The first-order valence-electron chi connectivity index (χ1n) is 12.1. The van der Waals surface area contributed by atoms with E-state index in [0.29, 0.717) is 0 Å². The van der Waals surface area contributed by atoms with Gasteiger partial charge in [0.05, 0.1) is 12.1 Å². The topological polar surface area (TPSA) is 63.3 Å². The summed E-state index contributed by atoms with van der Waals surface area (Å²) in [5.74, 6) is 0.0555. The summed E-state index contributed by atoms with van der Waals surface area (Å²) in [6.45, 7) is 1.97. The van der Waals surface area contributed by atoms with Crippen LogP contribution in [0.3, 0.4) is 0 Å². The number of allylic oxidation sites excluding steroid dienone is 1. The molecular formula is C31H29NO3. The predicted molar refractivity (Wildman–Crippen MR) is 139 cm³/mol. The second-order valence-corrected chi connectivity index (χ2v) is 9.44. The van der Waals surface area contributed by atoms with E-state index in [9.17, 15) is 9.90 Å². The molecule has 5 rings (SSSR count). The number of aryl methyl sites for hydroxylation is 2. The first-order valence-corrected chi connectivity index (χ1v) is 12.1. The van der Waals surface area contributed by atoms with Gasteiger partial charge in [0.2, 0.25) is 0 Å². The molecule has 0 radical (unpaired) electrons. The van der Waals surface area contributed by atoms with Crippen LogP contribution in [0.2, 0.25) is 0 Å². The summed E-state index contributed by atoms with van der Waals surface area (Å²) in [6, 6.07) is 27.1. The molecule has 1 saturated carbocycles. The van der Waals surface area contributed by atoms with Gasteiger partial charge in [0, 0.05) is 16.5 Å². The molecule has 0 spiro atoms. The maximum atomic E-state index is 11.2. The molecule has 176 valence electrons. The van der Waals surface area contributed by atoms with Crippen LogP contribution < -0.4 is 0 Å². The van der Waals surface area contributed by atoms with Crippen molar-refractivity contribution in [3.63, 3.8) is 0 Å². The average Bonchev–Trinajstić information content (AvgIpc) is 3.56. The van der Waals surface area contributed by atoms with E-state index >= 15 is 0 Å². The number of hydrogen-bond donors (Lipinski definition) is 1. The third kappa shape index (κ3) is 5.12. The summed E-state index contributed by atoms with van der Waals surface area (Å²) in [7, 11) is 0. The number of aliphatic carboxylic acids is 1. The van der Waals surface area contributed by atoms with Crippen molar-refractivity contribution in [1.82, 2.24) is 5.16 Å². The highest BCUT2D eigenvalue weighted by Gasteiger charge is 2.45. The van der Waals surface area contributed by atoms with Crippen LogP contribution in [0.15, 0.2) is 89.5 Å². The smallest absolute Gasteiger partial charge is 0.304 e. The van der Waals surface area contributed by atoms with Crippen molar-refractivity contribution in [1.29, 1.82) is 0 Å². The Morgan fingerprint density at radius 1 is 0.943 bits per heavy atom. The van der Waals surface area contributed by atoms with Crippen LogP contribution >= 0.6 is 0 Å². The standard InChI is InChI=1S/C31H29NO3/c1-22-28(10-6-5-9-23-7-3-2-4-8-23)30(35-32-22)26-13-11-24(12-14-26)25-15-17-27(18-16-25)31(19-20-31)21-29(33)34/h2-4,6-8,10-18H,5,9,19-21H2,1H3,(H,33,34)/b10-6+. The van der Waals surface area contributed by atoms with E-state index in [1.54, 1.807) is 0 Å². The normalized spacial score (nSPS) is 14.3. The predicted octanol–water partition coefficient (Wildman–Crippen LogP) is 7.47. The molecule has 1 aromatic heterocycles. The average molecular weight is 464 g/mol. The Bertz CT molecular complexity index is 1330. The maximum Gasteiger partial charge on any atom is 0.304 e. The SMILES string of the molecule is Cc1noc(-c2ccc(-c3ccc(C4(CC(=O)O)CC4)cc3)cc2)c1/C=C/CCc1ccccc1. The van der Waals surface area contributed by atoms with E-state index in [1.165, 1.54) is 5.56 Å². The van der Waals surface area contributed by atoms with Crippen molar-refractivity contribution >= 4 is 12.0 Å². The minimum Gasteiger partial charge on any atom is -0.481 e. The van der Waals surface area contributed by atoms with E-state index in [0.717, 1.165) is 65.0 Å². The lowest BCUT2D eigenvalue weighted by Gasteiger charge is -2.13. The number of carboxylic acids is 1. The first kappa shape index (κ1) is 22.9. The number of carboxylic acid groups (broad SMARTS) is 1. The Kier molecular flexibility index (Phi) is 6.37. The zero-order chi connectivity index (χ0) is 24.3. The Balaban J connectivity index is 1.29. The van der Waals surface area contributed by atoms with Crippen LogP contribution in [0, 0.1) is 6.92 Å². The zero-order valence-electron chi connectivity index (χ0n) is 19.9. The molecule has 0 saturated heterocycles. The third-order valence-electron chi connectivity index (χ3n) is 6.96. The molecule has 0 atom stereocenters. The van der Waals surface area contributed by atoms with E-state index < -0.39 is 5.97 Å². The molecule has 0 bridgehead atoms. The maximum absolute atomic E-state index is 11.2. The Labute approximate surface area is 205 Å². The van der Waals surface area contributed by atoms with Crippen LogP contribution in [0.1, 0.15) is 48.1 Å². The van der Waals surface area contributed by atoms with Gasteiger partial charge in [0.25, 0.3) is 0 Å². The highest BCUT2D eigenvalue weighted by molar-refractivity contribution is 5.75. The quantitative estimate of drug-likeness (QED) is 0.280. The van der Waals surface area contributed by atoms with Crippen LogP contribution in [0.4, 0.5) is 0 Å². The molecular weight excluding hydrogens is 434 g/mol. The highest BCUT2D eigenvalue weighted by atomic mass is 16.5. The second-order valence-electron chi connectivity index (χ2n) is 9.44.